The van der Waals surface area contributed by atoms with Gasteiger partial charge in [-0.05, 0) is 26.2 Å². The van der Waals surface area contributed by atoms with Crippen LogP contribution in [0.1, 0.15) is 41.6 Å². The average molecular weight is 297 g/mol. The number of nitrogen functional groups attached to an aromatic ring is 1. The monoisotopic (exact) mass is 297 g/mol. The zero-order valence-corrected chi connectivity index (χ0v) is 12.5. The first kappa shape index (κ1) is 14.8. The molecular weight excluding hydrogens is 278 g/mol. The minimum Gasteiger partial charge on any atom is -0.481 e. The highest BCUT2D eigenvalue weighted by atomic mass is 32.1. The number of aliphatic carboxylic acids is 1. The molecule has 0 aromatic carbocycles. The van der Waals surface area contributed by atoms with Crippen LogP contribution in [0.3, 0.4) is 0 Å². The Morgan fingerprint density at radius 2 is 2.05 bits per heavy atom. The van der Waals surface area contributed by atoms with E-state index in [1.54, 1.807) is 11.8 Å². The molecule has 7 heteroatoms. The van der Waals surface area contributed by atoms with Crippen molar-refractivity contribution >= 4 is 28.3 Å². The van der Waals surface area contributed by atoms with Gasteiger partial charge in [-0.15, -0.1) is 0 Å². The number of rotatable bonds is 3. The Morgan fingerprint density at radius 1 is 1.45 bits per heavy atom. The molecule has 0 spiro atoms. The molecule has 2 heterocycles. The molecule has 1 aliphatic rings. The van der Waals surface area contributed by atoms with Gasteiger partial charge in [-0.25, -0.2) is 4.98 Å². The first-order chi connectivity index (χ1) is 9.39. The van der Waals surface area contributed by atoms with Crippen molar-refractivity contribution in [2.75, 3.05) is 18.8 Å². The molecule has 1 amide bonds. The lowest BCUT2D eigenvalue weighted by atomic mass is 9.76. The fourth-order valence-electron chi connectivity index (χ4n) is 2.62. The van der Waals surface area contributed by atoms with Crippen molar-refractivity contribution in [3.63, 3.8) is 0 Å². The van der Waals surface area contributed by atoms with Gasteiger partial charge in [0.15, 0.2) is 5.13 Å². The molecule has 1 aromatic rings. The Balaban J connectivity index is 2.09. The number of carboxylic acids is 1. The number of hydrogen-bond donors (Lipinski definition) is 2. The Bertz CT molecular complexity index is 533. The quantitative estimate of drug-likeness (QED) is 0.886. The fourth-order valence-corrected chi connectivity index (χ4v) is 3.42. The molecule has 0 saturated carbocycles. The van der Waals surface area contributed by atoms with Crippen LogP contribution >= 0.6 is 11.3 Å². The van der Waals surface area contributed by atoms with Crippen LogP contribution in [0.5, 0.6) is 0 Å². The highest BCUT2D eigenvalue weighted by Gasteiger charge is 2.41. The predicted octanol–water partition coefficient (Wildman–Crippen LogP) is 1.75. The fraction of sp³-hybridized carbons (Fsp3) is 0.615. The Kier molecular flexibility index (Phi) is 3.99. The molecule has 0 bridgehead atoms. The van der Waals surface area contributed by atoms with Crippen LogP contribution in [0, 0.1) is 12.3 Å². The number of nitrogens with zero attached hydrogens (tertiary/aromatic N) is 2. The van der Waals surface area contributed by atoms with Gasteiger partial charge in [-0.3, -0.25) is 9.59 Å². The molecule has 1 saturated heterocycles. The molecule has 6 nitrogen and oxygen atoms in total. The van der Waals surface area contributed by atoms with Crippen molar-refractivity contribution < 1.29 is 14.7 Å². The number of likely N-dealkylation sites (tertiary alicyclic amines) is 1. The third-order valence-electron chi connectivity index (χ3n) is 4.15. The van der Waals surface area contributed by atoms with Crippen LogP contribution < -0.4 is 5.73 Å². The lowest BCUT2D eigenvalue weighted by molar-refractivity contribution is -0.152. The van der Waals surface area contributed by atoms with Crippen LogP contribution in [-0.2, 0) is 4.79 Å². The standard InChI is InChI=1S/C13H19N3O3S/c1-3-13(11(18)19)4-6-16(7-5-13)10(17)9-8(2)15-12(14)20-9/h3-7H2,1-2H3,(H2,14,15)(H,18,19). The number of amides is 1. The highest BCUT2D eigenvalue weighted by Crippen LogP contribution is 2.36. The van der Waals surface area contributed by atoms with Crippen LogP contribution in [0.25, 0.3) is 0 Å². The molecule has 0 aliphatic carbocycles. The minimum atomic E-state index is -0.759. The molecule has 2 rings (SSSR count). The Labute approximate surface area is 121 Å². The summed E-state index contributed by atoms with van der Waals surface area (Å²) in [6.45, 7) is 4.59. The van der Waals surface area contributed by atoms with Gasteiger partial charge in [0.2, 0.25) is 0 Å². The van der Waals surface area contributed by atoms with Gasteiger partial charge >= 0.3 is 5.97 Å². The minimum absolute atomic E-state index is 0.0909. The molecule has 0 unspecified atom stereocenters. The number of carbonyl (C=O) groups is 2. The molecule has 1 aliphatic heterocycles. The molecule has 20 heavy (non-hydrogen) atoms. The van der Waals surface area contributed by atoms with E-state index in [1.807, 2.05) is 6.92 Å². The van der Waals surface area contributed by atoms with Gasteiger partial charge in [0.25, 0.3) is 5.91 Å². The topological polar surface area (TPSA) is 96.5 Å². The van der Waals surface area contributed by atoms with Gasteiger partial charge in [0.1, 0.15) is 4.88 Å². The van der Waals surface area contributed by atoms with E-state index in [0.29, 0.717) is 48.1 Å². The summed E-state index contributed by atoms with van der Waals surface area (Å²) in [5, 5.41) is 9.74. The van der Waals surface area contributed by atoms with E-state index in [-0.39, 0.29) is 5.91 Å². The van der Waals surface area contributed by atoms with E-state index in [2.05, 4.69) is 4.98 Å². The Hall–Kier alpha value is -1.63. The second-order valence-electron chi connectivity index (χ2n) is 5.20. The van der Waals surface area contributed by atoms with Crippen LogP contribution in [0.2, 0.25) is 0 Å². The van der Waals surface area contributed by atoms with E-state index < -0.39 is 11.4 Å². The van der Waals surface area contributed by atoms with E-state index >= 15 is 0 Å². The normalized spacial score (nSPS) is 18.0. The van der Waals surface area contributed by atoms with E-state index in [4.69, 9.17) is 5.73 Å². The number of aromatic nitrogens is 1. The summed E-state index contributed by atoms with van der Waals surface area (Å²) in [5.41, 5.74) is 5.57. The predicted molar refractivity (Wildman–Crippen MR) is 76.8 cm³/mol. The molecular formula is C13H19N3O3S. The zero-order valence-electron chi connectivity index (χ0n) is 11.7. The van der Waals surface area contributed by atoms with Crippen molar-refractivity contribution in [1.29, 1.82) is 0 Å². The molecule has 0 atom stereocenters. The second kappa shape index (κ2) is 5.40. The van der Waals surface area contributed by atoms with E-state index in [9.17, 15) is 14.7 Å². The summed E-state index contributed by atoms with van der Waals surface area (Å²) in [6.07, 6.45) is 1.59. The number of piperidine rings is 1. The molecule has 110 valence electrons. The third kappa shape index (κ3) is 2.49. The summed E-state index contributed by atoms with van der Waals surface area (Å²) in [7, 11) is 0. The van der Waals surface area contributed by atoms with Crippen molar-refractivity contribution in [3.8, 4) is 0 Å². The smallest absolute Gasteiger partial charge is 0.309 e. The lowest BCUT2D eigenvalue weighted by Gasteiger charge is -2.38. The summed E-state index contributed by atoms with van der Waals surface area (Å²) < 4.78 is 0. The maximum absolute atomic E-state index is 12.4. The summed E-state index contributed by atoms with van der Waals surface area (Å²) in [5.74, 6) is -0.850. The first-order valence-corrected chi connectivity index (χ1v) is 7.47. The van der Waals surface area contributed by atoms with Crippen molar-refractivity contribution in [2.45, 2.75) is 33.1 Å². The van der Waals surface area contributed by atoms with Crippen molar-refractivity contribution in [2.24, 2.45) is 5.41 Å². The van der Waals surface area contributed by atoms with Gasteiger partial charge in [-0.2, -0.15) is 0 Å². The van der Waals surface area contributed by atoms with Crippen molar-refractivity contribution in [1.82, 2.24) is 9.88 Å². The first-order valence-electron chi connectivity index (χ1n) is 6.65. The summed E-state index contributed by atoms with van der Waals surface area (Å²) in [4.78, 5) is 30.1. The number of anilines is 1. The number of hydrogen-bond acceptors (Lipinski definition) is 5. The van der Waals surface area contributed by atoms with Crippen molar-refractivity contribution in [3.05, 3.63) is 10.6 Å². The lowest BCUT2D eigenvalue weighted by Crippen LogP contribution is -2.46. The third-order valence-corrected chi connectivity index (χ3v) is 5.12. The maximum atomic E-state index is 12.4. The summed E-state index contributed by atoms with van der Waals surface area (Å²) in [6, 6.07) is 0. The number of thiazole rings is 1. The van der Waals surface area contributed by atoms with Crippen LogP contribution in [0.15, 0.2) is 0 Å². The largest absolute Gasteiger partial charge is 0.481 e. The average Bonchev–Trinajstić information content (AvgIpc) is 2.76. The number of carbonyl (C=O) groups excluding carboxylic acids is 1. The van der Waals surface area contributed by atoms with E-state index in [0.717, 1.165) is 0 Å². The van der Waals surface area contributed by atoms with E-state index in [1.165, 1.54) is 11.3 Å². The SMILES string of the molecule is CCC1(C(=O)O)CCN(C(=O)c2sc(N)nc2C)CC1. The highest BCUT2D eigenvalue weighted by molar-refractivity contribution is 7.17. The molecule has 1 aromatic heterocycles. The molecule has 0 radical (unpaired) electrons. The van der Waals surface area contributed by atoms with Crippen LogP contribution in [0.4, 0.5) is 5.13 Å². The zero-order chi connectivity index (χ0) is 14.9. The molecule has 1 fully saturated rings. The van der Waals surface area contributed by atoms with Gasteiger partial charge in [-0.1, -0.05) is 18.3 Å². The Morgan fingerprint density at radius 3 is 2.45 bits per heavy atom. The number of carboxylic acid groups (broad SMARTS) is 1. The van der Waals surface area contributed by atoms with Gasteiger partial charge in [0.05, 0.1) is 11.1 Å². The van der Waals surface area contributed by atoms with Crippen LogP contribution in [-0.4, -0.2) is 40.0 Å². The maximum Gasteiger partial charge on any atom is 0.309 e. The number of nitrogens with two attached hydrogens (primary N) is 1. The van der Waals surface area contributed by atoms with Gasteiger partial charge < -0.3 is 15.7 Å². The summed E-state index contributed by atoms with van der Waals surface area (Å²) >= 11 is 1.19. The molecule has 3 N–H and O–H groups in total. The van der Waals surface area contributed by atoms with Gasteiger partial charge in [0, 0.05) is 13.1 Å². The second-order valence-corrected chi connectivity index (χ2v) is 6.23. The number of aryl methyl sites for hydroxylation is 1.